The molecule has 2 aromatic rings. The minimum Gasteiger partial charge on any atom is -0.300 e. The van der Waals surface area contributed by atoms with Gasteiger partial charge in [-0.05, 0) is 81.1 Å². The van der Waals surface area contributed by atoms with Crippen LogP contribution in [-0.2, 0) is 9.59 Å². The van der Waals surface area contributed by atoms with Gasteiger partial charge in [0.25, 0.3) is 5.91 Å². The summed E-state index contributed by atoms with van der Waals surface area (Å²) in [5, 5.41) is 0. The summed E-state index contributed by atoms with van der Waals surface area (Å²) in [5.74, 6) is 0.0266. The highest BCUT2D eigenvalue weighted by molar-refractivity contribution is 9.10. The molecule has 2 aliphatic heterocycles. The molecule has 1 unspecified atom stereocenters. The van der Waals surface area contributed by atoms with E-state index in [9.17, 15) is 9.59 Å². The Morgan fingerprint density at radius 1 is 1.15 bits per heavy atom. The summed E-state index contributed by atoms with van der Waals surface area (Å²) in [4.78, 5) is 32.2. The van der Waals surface area contributed by atoms with Crippen LogP contribution in [0.15, 0.2) is 62.8 Å². The van der Waals surface area contributed by atoms with Crippen LogP contribution in [0, 0.1) is 0 Å². The monoisotopic (exact) mass is 540 g/mol. The largest absolute Gasteiger partial charge is 0.300 e. The normalized spacial score (nSPS) is 19.9. The van der Waals surface area contributed by atoms with Crippen molar-refractivity contribution >= 4 is 51.1 Å². The van der Waals surface area contributed by atoms with E-state index in [-0.39, 0.29) is 18.2 Å². The Balaban J connectivity index is 1.38. The van der Waals surface area contributed by atoms with Gasteiger partial charge >= 0.3 is 0 Å². The molecule has 1 fully saturated rings. The third-order valence-corrected chi connectivity index (χ3v) is 8.25. The van der Waals surface area contributed by atoms with Gasteiger partial charge in [-0.25, -0.2) is 0 Å². The van der Waals surface area contributed by atoms with E-state index in [1.165, 1.54) is 44.0 Å². The van der Waals surface area contributed by atoms with E-state index in [1.807, 2.05) is 54.6 Å². The van der Waals surface area contributed by atoms with Crippen molar-refractivity contribution in [2.45, 2.75) is 62.8 Å². The third-order valence-electron chi connectivity index (χ3n) is 6.68. The summed E-state index contributed by atoms with van der Waals surface area (Å²) in [6.45, 7) is 4.68. The smallest absolute Gasteiger partial charge is 0.265 e. The Hall–Kier alpha value is -1.89. The van der Waals surface area contributed by atoms with Gasteiger partial charge in [0.05, 0.1) is 17.1 Å². The summed E-state index contributed by atoms with van der Waals surface area (Å²) >= 11 is 4.97. The first kappa shape index (κ1) is 25.2. The van der Waals surface area contributed by atoms with E-state index < -0.39 is 0 Å². The number of likely N-dealkylation sites (tertiary alicyclic amines) is 1. The molecule has 0 aliphatic carbocycles. The molecule has 4 nitrogen and oxygen atoms in total. The van der Waals surface area contributed by atoms with Crippen LogP contribution in [0.5, 0.6) is 0 Å². The minimum absolute atomic E-state index is 0.101. The highest BCUT2D eigenvalue weighted by atomic mass is 79.9. The Kier molecular flexibility index (Phi) is 9.04. The maximum Gasteiger partial charge on any atom is 0.265 e. The first-order chi connectivity index (χ1) is 16.5. The summed E-state index contributed by atoms with van der Waals surface area (Å²) in [5.41, 5.74) is 1.79. The van der Waals surface area contributed by atoms with Gasteiger partial charge in [0.15, 0.2) is 5.78 Å². The number of piperidine rings is 1. The zero-order valence-corrected chi connectivity index (χ0v) is 22.2. The molecule has 1 saturated heterocycles. The van der Waals surface area contributed by atoms with Crippen molar-refractivity contribution in [3.8, 4) is 0 Å². The zero-order chi connectivity index (χ0) is 23.9. The van der Waals surface area contributed by atoms with Crippen molar-refractivity contribution in [1.82, 2.24) is 4.90 Å². The molecule has 180 valence electrons. The topological polar surface area (TPSA) is 40.6 Å². The Bertz CT molecular complexity index is 1050. The van der Waals surface area contributed by atoms with Gasteiger partial charge in [-0.1, -0.05) is 65.3 Å². The Morgan fingerprint density at radius 2 is 2.00 bits per heavy atom. The molecule has 0 N–H and O–H groups in total. The first-order valence-electron chi connectivity index (χ1n) is 12.4. The summed E-state index contributed by atoms with van der Waals surface area (Å²) in [6.07, 6.45) is 9.50. The maximum absolute atomic E-state index is 13.4. The third kappa shape index (κ3) is 6.41. The van der Waals surface area contributed by atoms with E-state index in [0.717, 1.165) is 40.0 Å². The number of carbonyl (C=O) groups is 2. The number of benzene rings is 2. The zero-order valence-electron chi connectivity index (χ0n) is 19.8. The number of fused-ring (bicyclic) bond motifs is 1. The number of para-hydroxylation sites is 1. The van der Waals surface area contributed by atoms with E-state index in [0.29, 0.717) is 17.4 Å². The van der Waals surface area contributed by atoms with Crippen molar-refractivity contribution < 1.29 is 9.59 Å². The minimum atomic E-state index is -0.101. The summed E-state index contributed by atoms with van der Waals surface area (Å²) < 4.78 is 0.970. The lowest BCUT2D eigenvalue weighted by molar-refractivity contribution is -0.121. The van der Waals surface area contributed by atoms with E-state index in [1.54, 1.807) is 4.90 Å². The second-order valence-corrected chi connectivity index (χ2v) is 11.1. The summed E-state index contributed by atoms with van der Waals surface area (Å²) in [6, 6.07) is 16.4. The molecule has 1 atom stereocenters. The molecule has 0 radical (unpaired) electrons. The number of thioether (sulfide) groups is 1. The number of Topliss-reactive ketones (excluding diaryl/α,β-unsaturated/α-hetero) is 1. The molecule has 2 aromatic carbocycles. The van der Waals surface area contributed by atoms with Crippen LogP contribution in [0.3, 0.4) is 0 Å². The lowest BCUT2D eigenvalue weighted by Crippen LogP contribution is -2.40. The van der Waals surface area contributed by atoms with Gasteiger partial charge < -0.3 is 4.90 Å². The highest BCUT2D eigenvalue weighted by Gasteiger charge is 2.30. The molecule has 2 heterocycles. The van der Waals surface area contributed by atoms with Crippen LogP contribution < -0.4 is 4.90 Å². The number of hydrogen-bond donors (Lipinski definition) is 0. The number of halogens is 1. The van der Waals surface area contributed by atoms with E-state index in [4.69, 9.17) is 0 Å². The molecule has 0 bridgehead atoms. The summed E-state index contributed by atoms with van der Waals surface area (Å²) in [7, 11) is 0. The first-order valence-corrected chi connectivity index (χ1v) is 14.0. The van der Waals surface area contributed by atoms with E-state index in [2.05, 4.69) is 27.8 Å². The van der Waals surface area contributed by atoms with Crippen LogP contribution >= 0.6 is 27.7 Å². The molecular weight excluding hydrogens is 508 g/mol. The fraction of sp³-hybridized carbons (Fsp3) is 0.429. The fourth-order valence-corrected chi connectivity index (χ4v) is 6.35. The van der Waals surface area contributed by atoms with Crippen molar-refractivity contribution in [1.29, 1.82) is 0 Å². The molecule has 0 spiro atoms. The van der Waals surface area contributed by atoms with Crippen molar-refractivity contribution in [2.75, 3.05) is 24.5 Å². The van der Waals surface area contributed by atoms with Gasteiger partial charge in [0.2, 0.25) is 0 Å². The van der Waals surface area contributed by atoms with Gasteiger partial charge in [0, 0.05) is 21.8 Å². The number of unbranched alkanes of at least 4 members (excludes halogenated alkanes) is 1. The van der Waals surface area contributed by atoms with Crippen LogP contribution in [0.1, 0.15) is 57.4 Å². The predicted molar refractivity (Wildman–Crippen MR) is 145 cm³/mol. The van der Waals surface area contributed by atoms with E-state index >= 15 is 0 Å². The molecule has 6 heteroatoms. The van der Waals surface area contributed by atoms with Crippen LogP contribution in [0.2, 0.25) is 0 Å². The molecule has 34 heavy (non-hydrogen) atoms. The number of amides is 1. The standard InChI is InChI=1S/C28H33BrN2O2S/c1-2-23-12-5-7-16-30(23)17-8-6-13-24(32)20-31-25-14-3-4-15-26(25)34-27(28(31)33)19-21-10-9-11-22(29)18-21/h3-4,9-11,14-15,18-19,23H,2,5-8,12-13,16-17,20H2,1H3/b27-19+. The van der Waals surface area contributed by atoms with Crippen molar-refractivity contribution in [3.63, 3.8) is 0 Å². The molecule has 4 rings (SSSR count). The number of rotatable bonds is 9. The van der Waals surface area contributed by atoms with Crippen LogP contribution in [0.4, 0.5) is 5.69 Å². The average molecular weight is 542 g/mol. The molecule has 2 aliphatic rings. The Labute approximate surface area is 215 Å². The van der Waals surface area contributed by atoms with Crippen LogP contribution in [0.25, 0.3) is 6.08 Å². The number of nitrogens with zero attached hydrogens (tertiary/aromatic N) is 2. The number of carbonyl (C=O) groups excluding carboxylic acids is 2. The quantitative estimate of drug-likeness (QED) is 0.255. The second-order valence-electron chi connectivity index (χ2n) is 9.11. The number of ketones is 1. The fourth-order valence-electron chi connectivity index (χ4n) is 4.88. The van der Waals surface area contributed by atoms with Gasteiger partial charge in [-0.2, -0.15) is 0 Å². The molecule has 0 aromatic heterocycles. The average Bonchev–Trinajstić information content (AvgIpc) is 2.84. The SMILES string of the molecule is CCC1CCCCN1CCCCC(=O)CN1C(=O)/C(=C\c2cccc(Br)c2)Sc2ccccc21. The maximum atomic E-state index is 13.4. The van der Waals surface area contributed by atoms with Gasteiger partial charge in [-0.3, -0.25) is 14.5 Å². The van der Waals surface area contributed by atoms with Crippen molar-refractivity contribution in [3.05, 3.63) is 63.5 Å². The predicted octanol–water partition coefficient (Wildman–Crippen LogP) is 6.93. The molecule has 0 saturated carbocycles. The molecular formula is C28H33BrN2O2S. The number of hydrogen-bond acceptors (Lipinski definition) is 4. The van der Waals surface area contributed by atoms with Gasteiger partial charge in [0.1, 0.15) is 0 Å². The Morgan fingerprint density at radius 3 is 2.82 bits per heavy atom. The van der Waals surface area contributed by atoms with Gasteiger partial charge in [-0.15, -0.1) is 0 Å². The lowest BCUT2D eigenvalue weighted by atomic mass is 9.99. The van der Waals surface area contributed by atoms with Crippen LogP contribution in [-0.4, -0.2) is 42.3 Å². The van der Waals surface area contributed by atoms with Crippen molar-refractivity contribution in [2.24, 2.45) is 0 Å². The number of anilines is 1. The lowest BCUT2D eigenvalue weighted by Gasteiger charge is -2.35. The second kappa shape index (κ2) is 12.2. The highest BCUT2D eigenvalue weighted by Crippen LogP contribution is 2.42. The molecule has 1 amide bonds.